The Kier molecular flexibility index (Phi) is 22.0. The van der Waals surface area contributed by atoms with Gasteiger partial charge in [-0.15, -0.1) is 0 Å². The number of hydrogen-bond donors (Lipinski definition) is 0. The molecule has 27 aromatic rings. The molecular formula is C130H82N12. The average molecular weight is 1810 g/mol. The zero-order valence-corrected chi connectivity index (χ0v) is 76.7. The fourth-order valence-corrected chi connectivity index (χ4v) is 19.7. The van der Waals surface area contributed by atoms with Crippen LogP contribution in [0.15, 0.2) is 498 Å². The molecule has 0 amide bonds. The van der Waals surface area contributed by atoms with Crippen LogP contribution in [0, 0.1) is 0 Å². The number of fused-ring (bicyclic) bond motifs is 13. The molecular weight excluding hydrogens is 1730 g/mol. The van der Waals surface area contributed by atoms with E-state index < -0.39 is 0 Å². The van der Waals surface area contributed by atoms with E-state index in [2.05, 4.69) is 382 Å². The highest BCUT2D eigenvalue weighted by Crippen LogP contribution is 2.46. The van der Waals surface area contributed by atoms with Gasteiger partial charge in [-0.3, -0.25) is 29.9 Å². The predicted octanol–water partition coefficient (Wildman–Crippen LogP) is 32.7. The summed E-state index contributed by atoms with van der Waals surface area (Å²) < 4.78 is 0. The highest BCUT2D eigenvalue weighted by molar-refractivity contribution is 6.21. The van der Waals surface area contributed by atoms with Crippen LogP contribution in [0.4, 0.5) is 0 Å². The second-order valence-corrected chi connectivity index (χ2v) is 35.3. The average Bonchev–Trinajstić information content (AvgIpc) is 0.718. The molecule has 0 aliphatic rings. The van der Waals surface area contributed by atoms with Crippen molar-refractivity contribution >= 4 is 109 Å². The summed E-state index contributed by atoms with van der Waals surface area (Å²) in [5.74, 6) is 0. The van der Waals surface area contributed by atoms with Crippen LogP contribution in [-0.4, -0.2) is 59.8 Å². The van der Waals surface area contributed by atoms with Gasteiger partial charge in [0.25, 0.3) is 0 Å². The summed E-state index contributed by atoms with van der Waals surface area (Å²) in [6.07, 6.45) is 10.8. The van der Waals surface area contributed by atoms with Crippen LogP contribution in [0.2, 0.25) is 0 Å². The number of nitrogens with zero attached hydrogens (tertiary/aromatic N) is 12. The summed E-state index contributed by atoms with van der Waals surface area (Å²) in [6, 6.07) is 161. The lowest BCUT2D eigenvalue weighted by atomic mass is 9.91. The van der Waals surface area contributed by atoms with Gasteiger partial charge >= 0.3 is 0 Å². The summed E-state index contributed by atoms with van der Waals surface area (Å²) in [7, 11) is 0. The van der Waals surface area contributed by atoms with Gasteiger partial charge in [-0.2, -0.15) is 0 Å². The van der Waals surface area contributed by atoms with Crippen LogP contribution >= 0.6 is 0 Å². The van der Waals surface area contributed by atoms with Crippen LogP contribution < -0.4 is 0 Å². The minimum Gasteiger partial charge on any atom is -0.255 e. The first-order valence-corrected chi connectivity index (χ1v) is 47.5. The lowest BCUT2D eigenvalue weighted by Crippen LogP contribution is -1.95. The Bertz CT molecular complexity index is 9310. The molecule has 0 aliphatic carbocycles. The third-order valence-electron chi connectivity index (χ3n) is 26.6. The monoisotopic (exact) mass is 1810 g/mol. The predicted molar refractivity (Wildman–Crippen MR) is 584 cm³/mol. The molecule has 0 aliphatic heterocycles. The van der Waals surface area contributed by atoms with Crippen LogP contribution in [0.1, 0.15) is 0 Å². The summed E-state index contributed by atoms with van der Waals surface area (Å²) in [5.41, 5.74) is 33.7. The number of rotatable bonds is 14. The molecule has 12 heterocycles. The molecule has 0 unspecified atom stereocenters. The van der Waals surface area contributed by atoms with Gasteiger partial charge in [0.1, 0.15) is 0 Å². The van der Waals surface area contributed by atoms with Gasteiger partial charge in [-0.25, -0.2) is 29.9 Å². The Balaban J connectivity index is 0.000000113. The molecule has 0 fully saturated rings. The molecule has 12 heteroatoms. The number of benzene rings is 15. The molecule has 0 saturated heterocycles. The van der Waals surface area contributed by atoms with Gasteiger partial charge in [0, 0.05) is 102 Å². The van der Waals surface area contributed by atoms with Crippen molar-refractivity contribution in [3.63, 3.8) is 0 Å². The van der Waals surface area contributed by atoms with E-state index in [0.29, 0.717) is 0 Å². The van der Waals surface area contributed by atoms with Crippen molar-refractivity contribution in [1.29, 1.82) is 0 Å². The van der Waals surface area contributed by atoms with Crippen molar-refractivity contribution in [2.24, 2.45) is 0 Å². The van der Waals surface area contributed by atoms with E-state index in [4.69, 9.17) is 29.9 Å². The van der Waals surface area contributed by atoms with E-state index in [1.807, 2.05) is 109 Å². The maximum Gasteiger partial charge on any atom is 0.0900 e. The Labute approximate surface area is 818 Å². The van der Waals surface area contributed by atoms with E-state index in [1.54, 1.807) is 37.2 Å². The Morgan fingerprint density at radius 2 is 0.345 bits per heavy atom. The molecule has 15 aromatic carbocycles. The highest BCUT2D eigenvalue weighted by Gasteiger charge is 2.23. The first-order valence-electron chi connectivity index (χ1n) is 47.5. The maximum atomic E-state index is 5.36. The van der Waals surface area contributed by atoms with Gasteiger partial charge in [0.2, 0.25) is 0 Å². The summed E-state index contributed by atoms with van der Waals surface area (Å²) >= 11 is 0. The summed E-state index contributed by atoms with van der Waals surface area (Å²) in [5, 5.41) is 16.3. The molecule has 0 spiro atoms. The highest BCUT2D eigenvalue weighted by atomic mass is 14.8. The van der Waals surface area contributed by atoms with Crippen molar-refractivity contribution in [1.82, 2.24) is 59.8 Å². The molecule has 0 atom stereocenters. The molecule has 662 valence electrons. The van der Waals surface area contributed by atoms with Gasteiger partial charge in [0.15, 0.2) is 0 Å². The van der Waals surface area contributed by atoms with E-state index in [1.165, 1.54) is 65.9 Å². The van der Waals surface area contributed by atoms with Crippen molar-refractivity contribution in [3.8, 4) is 157 Å². The molecule has 0 N–H and O–H groups in total. The third kappa shape index (κ3) is 16.5. The Hall–Kier alpha value is -19.3. The van der Waals surface area contributed by atoms with Crippen molar-refractivity contribution < 1.29 is 0 Å². The molecule has 12 nitrogen and oxygen atoms in total. The standard InChI is InChI=1S/C48H30N4.C44H28N4.C38H24N4/c1-2-11-35-27-37(20-19-31(35)9-1)47-40-23-22-36(28-44(40)52-48-39-12-4-3-10-34(39)21-24-41(47)48)32-15-17-33(18-16-32)38-29-45(42-13-5-7-25-49-42)51-46(30-38)43-14-6-8-26-50-43;1-2-10-29(11-3-1)30-16-18-32(19-17-30)43-36-22-21-33(26-40(36)48-44-35-13-5-4-12-31(35)20-23-37(43)44)34-27-41(38-14-6-8-24-45-38)47-42(28-34)39-15-7-9-25-46-39;1-2-11-26(12-3-1)37-30-18-17-27(22-34(30)42-38-29-13-5-4-10-25(29)16-19-31(37)38)28-23-35(32-14-6-8-20-39-32)41-36(24-28)33-15-7-9-21-40-33/h1-30H;1-28H;1-24H. The largest absolute Gasteiger partial charge is 0.255 e. The second kappa shape index (κ2) is 37.1. The second-order valence-electron chi connectivity index (χ2n) is 35.3. The van der Waals surface area contributed by atoms with Gasteiger partial charge in [-0.1, -0.05) is 328 Å². The van der Waals surface area contributed by atoms with Crippen LogP contribution in [0.5, 0.6) is 0 Å². The fourth-order valence-electron chi connectivity index (χ4n) is 19.7. The molecule has 142 heavy (non-hydrogen) atoms. The first-order chi connectivity index (χ1) is 70.3. The van der Waals surface area contributed by atoms with Crippen molar-refractivity contribution in [2.45, 2.75) is 0 Å². The van der Waals surface area contributed by atoms with Gasteiger partial charge < -0.3 is 0 Å². The van der Waals surface area contributed by atoms with Crippen molar-refractivity contribution in [2.75, 3.05) is 0 Å². The molecule has 0 bridgehead atoms. The van der Waals surface area contributed by atoms with Crippen LogP contribution in [-0.2, 0) is 0 Å². The molecule has 0 radical (unpaired) electrons. The Morgan fingerprint density at radius 3 is 0.690 bits per heavy atom. The van der Waals surface area contributed by atoms with E-state index in [0.717, 1.165) is 200 Å². The first kappa shape index (κ1) is 84.4. The number of aromatic nitrogens is 12. The summed E-state index contributed by atoms with van der Waals surface area (Å²) in [4.78, 5) is 58.4. The smallest absolute Gasteiger partial charge is 0.0900 e. The Morgan fingerprint density at radius 1 is 0.113 bits per heavy atom. The van der Waals surface area contributed by atoms with Gasteiger partial charge in [-0.05, 0) is 233 Å². The lowest BCUT2D eigenvalue weighted by Gasteiger charge is -2.15. The minimum absolute atomic E-state index is 0.797. The molecule has 12 aromatic heterocycles. The van der Waals surface area contributed by atoms with E-state index in [9.17, 15) is 0 Å². The fraction of sp³-hybridized carbons (Fsp3) is 0. The number of hydrogen-bond acceptors (Lipinski definition) is 12. The van der Waals surface area contributed by atoms with Crippen LogP contribution in [0.3, 0.4) is 0 Å². The van der Waals surface area contributed by atoms with Gasteiger partial charge in [0.05, 0.1) is 101 Å². The zero-order chi connectivity index (χ0) is 94.2. The minimum atomic E-state index is 0.797. The summed E-state index contributed by atoms with van der Waals surface area (Å²) in [6.45, 7) is 0. The van der Waals surface area contributed by atoms with Crippen LogP contribution in [0.25, 0.3) is 266 Å². The van der Waals surface area contributed by atoms with Crippen molar-refractivity contribution in [3.05, 3.63) is 498 Å². The molecule has 0 saturated carbocycles. The quantitative estimate of drug-likeness (QED) is 0.0752. The third-order valence-corrected chi connectivity index (χ3v) is 26.6. The normalized spacial score (nSPS) is 11.4. The molecule has 27 rings (SSSR count). The maximum absolute atomic E-state index is 5.36. The topological polar surface area (TPSA) is 155 Å². The lowest BCUT2D eigenvalue weighted by molar-refractivity contribution is 1.22. The zero-order valence-electron chi connectivity index (χ0n) is 76.7. The SMILES string of the molecule is c1ccc(-c2c3ccc(-c4cc(-c5ccccn5)nc(-c5ccccn5)c4)cc3nc3c2ccc2ccccc23)cc1.c1ccc(-c2cc(-c3ccc(-c4ccc5c(-c6ccc7ccccc7c6)c6ccc7ccccc7c6nc5c4)cc3)cc(-c3ccccn3)n2)nc1.c1ccc(-c2ccc(-c3c4ccc(-c5cc(-c6ccccn6)nc(-c6ccccn6)c5)cc4nc4c3ccc3ccccc34)cc2)cc1. The van der Waals surface area contributed by atoms with E-state index in [-0.39, 0.29) is 0 Å². The number of pyridine rings is 12. The van der Waals surface area contributed by atoms with E-state index >= 15 is 0 Å².